The van der Waals surface area contributed by atoms with Gasteiger partial charge in [0.15, 0.2) is 0 Å². The van der Waals surface area contributed by atoms with Gasteiger partial charge in [-0.05, 0) is 43.2 Å². The van der Waals surface area contributed by atoms with E-state index in [9.17, 15) is 4.79 Å². The summed E-state index contributed by atoms with van der Waals surface area (Å²) in [6.45, 7) is 2.24. The van der Waals surface area contributed by atoms with Crippen molar-refractivity contribution in [2.45, 2.75) is 17.7 Å². The summed E-state index contributed by atoms with van der Waals surface area (Å²) in [6.07, 6.45) is 5.37. The van der Waals surface area contributed by atoms with Gasteiger partial charge < -0.3 is 10.2 Å². The Kier molecular flexibility index (Phi) is 6.53. The highest BCUT2D eigenvalue weighted by molar-refractivity contribution is 7.99. The van der Waals surface area contributed by atoms with Crippen LogP contribution in [0.15, 0.2) is 47.6 Å². The minimum atomic E-state index is -0.00177. The smallest absolute Gasteiger partial charge is 0.225 e. The highest BCUT2D eigenvalue weighted by Gasteiger charge is 2.26. The highest BCUT2D eigenvalue weighted by atomic mass is 35.5. The number of aromatic nitrogens is 2. The molecule has 25 heavy (non-hydrogen) atoms. The number of hydrogen-bond acceptors (Lipinski definition) is 5. The molecule has 0 unspecified atom stereocenters. The van der Waals surface area contributed by atoms with Crippen molar-refractivity contribution in [3.63, 3.8) is 0 Å². The van der Waals surface area contributed by atoms with Gasteiger partial charge in [0.2, 0.25) is 11.9 Å². The van der Waals surface area contributed by atoms with Gasteiger partial charge in [0, 0.05) is 47.7 Å². The molecule has 2 heterocycles. The normalized spacial score (nSPS) is 17.3. The number of carbonyl (C=O) groups excluding carboxylic acids is 1. The number of carbonyl (C=O) groups is 1. The number of thioether (sulfide) groups is 1. The average molecular weight is 377 g/mol. The van der Waals surface area contributed by atoms with Crippen molar-refractivity contribution in [1.29, 1.82) is 0 Å². The van der Waals surface area contributed by atoms with Crippen molar-refractivity contribution in [1.82, 2.24) is 15.3 Å². The first kappa shape index (κ1) is 18.0. The van der Waals surface area contributed by atoms with Gasteiger partial charge in [-0.2, -0.15) is 0 Å². The van der Waals surface area contributed by atoms with Crippen molar-refractivity contribution >= 4 is 35.2 Å². The lowest BCUT2D eigenvalue weighted by atomic mass is 9.97. The van der Waals surface area contributed by atoms with Crippen LogP contribution in [0.1, 0.15) is 12.8 Å². The van der Waals surface area contributed by atoms with Crippen LogP contribution >= 0.6 is 23.4 Å². The lowest BCUT2D eigenvalue weighted by molar-refractivity contribution is -0.125. The zero-order chi connectivity index (χ0) is 17.5. The van der Waals surface area contributed by atoms with Gasteiger partial charge in [0.1, 0.15) is 0 Å². The van der Waals surface area contributed by atoms with Crippen LogP contribution in [0.3, 0.4) is 0 Å². The zero-order valence-corrected chi connectivity index (χ0v) is 15.5. The van der Waals surface area contributed by atoms with Crippen LogP contribution in [0, 0.1) is 5.92 Å². The summed E-state index contributed by atoms with van der Waals surface area (Å²) in [5, 5.41) is 3.79. The maximum Gasteiger partial charge on any atom is 0.225 e. The molecule has 7 heteroatoms. The molecule has 132 valence electrons. The molecule has 1 aromatic heterocycles. The van der Waals surface area contributed by atoms with E-state index in [-0.39, 0.29) is 11.8 Å². The largest absolute Gasteiger partial charge is 0.355 e. The molecule has 1 aliphatic rings. The molecule has 0 aliphatic carbocycles. The summed E-state index contributed by atoms with van der Waals surface area (Å²) < 4.78 is 0. The van der Waals surface area contributed by atoms with E-state index in [1.54, 1.807) is 30.2 Å². The molecule has 1 aromatic carbocycles. The first-order valence-electron chi connectivity index (χ1n) is 8.40. The van der Waals surface area contributed by atoms with Gasteiger partial charge in [0.05, 0.1) is 5.92 Å². The van der Waals surface area contributed by atoms with Crippen molar-refractivity contribution in [3.05, 3.63) is 47.7 Å². The van der Waals surface area contributed by atoms with Crippen molar-refractivity contribution < 1.29 is 4.79 Å². The highest BCUT2D eigenvalue weighted by Crippen LogP contribution is 2.21. The van der Waals surface area contributed by atoms with E-state index in [0.717, 1.165) is 35.1 Å². The lowest BCUT2D eigenvalue weighted by Crippen LogP contribution is -2.44. The molecule has 1 saturated heterocycles. The van der Waals surface area contributed by atoms with E-state index in [1.807, 2.05) is 24.3 Å². The van der Waals surface area contributed by atoms with E-state index < -0.39 is 0 Å². The maximum absolute atomic E-state index is 12.4. The molecule has 0 spiro atoms. The van der Waals surface area contributed by atoms with Gasteiger partial charge in [-0.1, -0.05) is 11.6 Å². The standard InChI is InChI=1S/C18H21ClN4OS/c19-15-4-6-16(7-5-15)25-12-10-20-17(24)14-3-1-11-23(13-14)18-21-8-2-9-22-18/h2,4-9,14H,1,3,10-13H2,(H,20,24)/t14-/m0/s1. The second-order valence-corrected chi connectivity index (χ2v) is 7.53. The van der Waals surface area contributed by atoms with Gasteiger partial charge in [-0.15, -0.1) is 11.8 Å². The number of anilines is 1. The third kappa shape index (κ3) is 5.34. The summed E-state index contributed by atoms with van der Waals surface area (Å²) in [7, 11) is 0. The summed E-state index contributed by atoms with van der Waals surface area (Å²) in [5.41, 5.74) is 0. The molecular formula is C18H21ClN4OS. The Morgan fingerprint density at radius 3 is 2.80 bits per heavy atom. The van der Waals surface area contributed by atoms with E-state index in [1.165, 1.54) is 0 Å². The predicted octanol–water partition coefficient (Wildman–Crippen LogP) is 3.25. The predicted molar refractivity (Wildman–Crippen MR) is 102 cm³/mol. The molecule has 1 amide bonds. The zero-order valence-electron chi connectivity index (χ0n) is 13.9. The Labute approximate surface area is 157 Å². The number of rotatable bonds is 6. The second kappa shape index (κ2) is 9.06. The summed E-state index contributed by atoms with van der Waals surface area (Å²) in [6, 6.07) is 9.55. The van der Waals surface area contributed by atoms with Crippen LogP contribution in [0.25, 0.3) is 0 Å². The lowest BCUT2D eigenvalue weighted by Gasteiger charge is -2.31. The van der Waals surface area contributed by atoms with Gasteiger partial charge in [0.25, 0.3) is 0 Å². The van der Waals surface area contributed by atoms with Gasteiger partial charge in [-0.3, -0.25) is 4.79 Å². The molecule has 3 rings (SSSR count). The maximum atomic E-state index is 12.4. The van der Waals surface area contributed by atoms with E-state index in [2.05, 4.69) is 20.2 Å². The fraction of sp³-hybridized carbons (Fsp3) is 0.389. The number of hydrogen-bond donors (Lipinski definition) is 1. The Bertz CT molecular complexity index is 683. The summed E-state index contributed by atoms with van der Waals surface area (Å²) in [5.74, 6) is 1.67. The molecule has 1 N–H and O–H groups in total. The first-order chi connectivity index (χ1) is 12.2. The minimum absolute atomic E-state index is 0.00177. The Balaban J connectivity index is 1.42. The SMILES string of the molecule is O=C(NCCSc1ccc(Cl)cc1)[C@H]1CCCN(c2ncccn2)C1. The second-order valence-electron chi connectivity index (χ2n) is 5.93. The monoisotopic (exact) mass is 376 g/mol. The molecule has 1 fully saturated rings. The minimum Gasteiger partial charge on any atom is -0.355 e. The Hall–Kier alpha value is -1.79. The topological polar surface area (TPSA) is 58.1 Å². The molecule has 0 saturated carbocycles. The van der Waals surface area contributed by atoms with Gasteiger partial charge in [-0.25, -0.2) is 9.97 Å². The molecule has 0 radical (unpaired) electrons. The summed E-state index contributed by atoms with van der Waals surface area (Å²) >= 11 is 7.59. The number of nitrogens with zero attached hydrogens (tertiary/aromatic N) is 3. The van der Waals surface area contributed by atoms with Crippen molar-refractivity contribution in [2.75, 3.05) is 30.3 Å². The fourth-order valence-electron chi connectivity index (χ4n) is 2.85. The third-order valence-electron chi connectivity index (χ3n) is 4.11. The van der Waals surface area contributed by atoms with E-state index >= 15 is 0 Å². The van der Waals surface area contributed by atoms with Gasteiger partial charge >= 0.3 is 0 Å². The average Bonchev–Trinajstić information content (AvgIpc) is 2.67. The van der Waals surface area contributed by atoms with Crippen LogP contribution in [0.4, 0.5) is 5.95 Å². The fourth-order valence-corrected chi connectivity index (χ4v) is 3.74. The number of nitrogens with one attached hydrogen (secondary N) is 1. The Morgan fingerprint density at radius 1 is 1.28 bits per heavy atom. The molecular weight excluding hydrogens is 356 g/mol. The van der Waals surface area contributed by atoms with Crippen LogP contribution in [0.5, 0.6) is 0 Å². The molecule has 5 nitrogen and oxygen atoms in total. The van der Waals surface area contributed by atoms with Crippen LogP contribution < -0.4 is 10.2 Å². The van der Waals surface area contributed by atoms with E-state index in [4.69, 9.17) is 11.6 Å². The molecule has 0 bridgehead atoms. The van der Waals surface area contributed by atoms with E-state index in [0.29, 0.717) is 19.0 Å². The molecule has 1 atom stereocenters. The number of piperidine rings is 1. The number of benzene rings is 1. The third-order valence-corrected chi connectivity index (χ3v) is 5.38. The van der Waals surface area contributed by atoms with Crippen molar-refractivity contribution in [2.24, 2.45) is 5.92 Å². The van der Waals surface area contributed by atoms with Crippen molar-refractivity contribution in [3.8, 4) is 0 Å². The van der Waals surface area contributed by atoms with Crippen LogP contribution in [-0.4, -0.2) is 41.3 Å². The quantitative estimate of drug-likeness (QED) is 0.619. The summed E-state index contributed by atoms with van der Waals surface area (Å²) in [4.78, 5) is 24.2. The molecule has 2 aromatic rings. The van der Waals surface area contributed by atoms with Crippen LogP contribution in [0.2, 0.25) is 5.02 Å². The molecule has 1 aliphatic heterocycles. The number of amides is 1. The first-order valence-corrected chi connectivity index (χ1v) is 9.77. The number of halogens is 1. The Morgan fingerprint density at radius 2 is 2.04 bits per heavy atom. The van der Waals surface area contributed by atoms with Crippen LogP contribution in [-0.2, 0) is 4.79 Å².